The van der Waals surface area contributed by atoms with Crippen LogP contribution in [0.5, 0.6) is 5.75 Å². The molecule has 0 aromatic heterocycles. The van der Waals surface area contributed by atoms with Crippen LogP contribution in [0.25, 0.3) is 0 Å². The number of rotatable bonds is 4. The molecule has 0 radical (unpaired) electrons. The van der Waals surface area contributed by atoms with Gasteiger partial charge in [0.2, 0.25) is 0 Å². The summed E-state index contributed by atoms with van der Waals surface area (Å²) in [4.78, 5) is 16.5. The van der Waals surface area contributed by atoms with E-state index in [0.29, 0.717) is 13.1 Å². The maximum absolute atomic E-state index is 12.4. The summed E-state index contributed by atoms with van der Waals surface area (Å²) in [6.07, 6.45) is -0.247. The summed E-state index contributed by atoms with van der Waals surface area (Å²) < 4.78 is 16.0. The average molecular weight is 350 g/mol. The fraction of sp³-hybridized carbons (Fsp3) is 0.632. The molecule has 6 nitrogen and oxygen atoms in total. The van der Waals surface area contributed by atoms with Gasteiger partial charge < -0.3 is 24.0 Å². The van der Waals surface area contributed by atoms with Crippen LogP contribution in [0.1, 0.15) is 34.6 Å². The lowest BCUT2D eigenvalue weighted by atomic mass is 10.1. The number of methoxy groups -OCH3 is 1. The number of benzene rings is 1. The Morgan fingerprint density at radius 2 is 1.84 bits per heavy atom. The van der Waals surface area contributed by atoms with Gasteiger partial charge in [0, 0.05) is 44.0 Å². The number of anilines is 1. The van der Waals surface area contributed by atoms with Gasteiger partial charge in [-0.25, -0.2) is 4.79 Å². The molecule has 25 heavy (non-hydrogen) atoms. The van der Waals surface area contributed by atoms with Crippen molar-refractivity contribution in [3.05, 3.63) is 24.3 Å². The molecular weight excluding hydrogens is 320 g/mol. The third kappa shape index (κ3) is 5.26. The van der Waals surface area contributed by atoms with Crippen molar-refractivity contribution in [3.8, 4) is 5.75 Å². The monoisotopic (exact) mass is 350 g/mol. The van der Waals surface area contributed by atoms with Crippen LogP contribution in [-0.4, -0.2) is 55.7 Å². The highest BCUT2D eigenvalue weighted by Crippen LogP contribution is 2.28. The first-order valence-electron chi connectivity index (χ1n) is 8.69. The van der Waals surface area contributed by atoms with E-state index in [1.807, 2.05) is 39.0 Å². The third-order valence-electron chi connectivity index (χ3n) is 4.03. The summed E-state index contributed by atoms with van der Waals surface area (Å²) in [6.45, 7) is 11.4. The minimum Gasteiger partial charge on any atom is -0.467 e. The van der Waals surface area contributed by atoms with Gasteiger partial charge in [0.1, 0.15) is 11.4 Å². The van der Waals surface area contributed by atoms with E-state index in [1.165, 1.54) is 0 Å². The quantitative estimate of drug-likeness (QED) is 0.778. The average Bonchev–Trinajstić information content (AvgIpc) is 2.51. The third-order valence-corrected chi connectivity index (χ3v) is 4.03. The molecule has 1 amide bonds. The number of carbonyl (C=O) groups is 1. The zero-order valence-electron chi connectivity index (χ0n) is 16.1. The second kappa shape index (κ2) is 7.95. The van der Waals surface area contributed by atoms with Crippen molar-refractivity contribution in [1.82, 2.24) is 4.90 Å². The minimum absolute atomic E-state index is 0.175. The summed E-state index contributed by atoms with van der Waals surface area (Å²) in [6, 6.07) is 8.31. The molecule has 0 saturated carbocycles. The Morgan fingerprint density at radius 1 is 1.20 bits per heavy atom. The van der Waals surface area contributed by atoms with Crippen molar-refractivity contribution >= 4 is 11.8 Å². The Labute approximate surface area is 150 Å². The van der Waals surface area contributed by atoms with E-state index in [9.17, 15) is 4.79 Å². The molecule has 1 aromatic carbocycles. The smallest absolute Gasteiger partial charge is 0.410 e. The van der Waals surface area contributed by atoms with Crippen molar-refractivity contribution in [2.45, 2.75) is 52.3 Å². The van der Waals surface area contributed by atoms with Crippen molar-refractivity contribution < 1.29 is 19.0 Å². The molecule has 1 heterocycles. The Balaban J connectivity index is 2.09. The lowest BCUT2D eigenvalue weighted by Gasteiger charge is -2.45. The Bertz CT molecular complexity index is 573. The molecular formula is C19H30N2O4. The molecule has 1 aliphatic rings. The van der Waals surface area contributed by atoms with E-state index in [-0.39, 0.29) is 25.0 Å². The van der Waals surface area contributed by atoms with Crippen LogP contribution >= 0.6 is 0 Å². The molecule has 0 unspecified atom stereocenters. The zero-order valence-corrected chi connectivity index (χ0v) is 16.1. The fourth-order valence-electron chi connectivity index (χ4n) is 3.17. The summed E-state index contributed by atoms with van der Waals surface area (Å²) in [5.41, 5.74) is 0.603. The van der Waals surface area contributed by atoms with Gasteiger partial charge in [0.25, 0.3) is 0 Å². The van der Waals surface area contributed by atoms with E-state index in [4.69, 9.17) is 14.2 Å². The number of hydrogen-bond donors (Lipinski definition) is 0. The largest absolute Gasteiger partial charge is 0.467 e. The highest BCUT2D eigenvalue weighted by molar-refractivity contribution is 5.69. The molecule has 140 valence electrons. The second-order valence-corrected chi connectivity index (χ2v) is 7.54. The molecule has 0 bridgehead atoms. The van der Waals surface area contributed by atoms with Gasteiger partial charge in [-0.2, -0.15) is 0 Å². The number of hydrogen-bond acceptors (Lipinski definition) is 5. The highest BCUT2D eigenvalue weighted by Gasteiger charge is 2.34. The number of nitrogens with zero attached hydrogens (tertiary/aromatic N) is 2. The van der Waals surface area contributed by atoms with Crippen LogP contribution in [0.4, 0.5) is 10.5 Å². The molecule has 0 spiro atoms. The summed E-state index contributed by atoms with van der Waals surface area (Å²) >= 11 is 0. The number of carbonyl (C=O) groups excluding carboxylic acids is 1. The first kappa shape index (κ1) is 19.4. The second-order valence-electron chi connectivity index (χ2n) is 7.54. The molecule has 1 aromatic rings. The van der Waals surface area contributed by atoms with Gasteiger partial charge >= 0.3 is 6.09 Å². The first-order chi connectivity index (χ1) is 11.7. The van der Waals surface area contributed by atoms with Crippen LogP contribution in [0, 0.1) is 0 Å². The van der Waals surface area contributed by atoms with Crippen LogP contribution in [0.15, 0.2) is 24.3 Å². The molecule has 2 rings (SSSR count). The Kier molecular flexibility index (Phi) is 6.16. The van der Waals surface area contributed by atoms with Crippen LogP contribution < -0.4 is 9.64 Å². The van der Waals surface area contributed by atoms with Crippen molar-refractivity contribution in [2.24, 2.45) is 0 Å². The summed E-state index contributed by atoms with van der Waals surface area (Å²) in [5.74, 6) is 0.772. The molecule has 0 aliphatic carbocycles. The maximum atomic E-state index is 12.4. The maximum Gasteiger partial charge on any atom is 0.410 e. The van der Waals surface area contributed by atoms with Gasteiger partial charge in [-0.05, 0) is 46.8 Å². The van der Waals surface area contributed by atoms with Crippen molar-refractivity contribution in [1.29, 1.82) is 0 Å². The van der Waals surface area contributed by atoms with E-state index in [2.05, 4.69) is 24.8 Å². The van der Waals surface area contributed by atoms with Gasteiger partial charge in [0.15, 0.2) is 6.79 Å². The SMILES string of the molecule is COCOc1cccc(N2[C@H](C)CN(C(=O)OC(C)(C)C)C[C@@H]2C)c1. The minimum atomic E-state index is -0.478. The van der Waals surface area contributed by atoms with Gasteiger partial charge in [-0.3, -0.25) is 0 Å². The standard InChI is InChI=1S/C19H30N2O4/c1-14-11-20(18(22)25-19(3,4)5)12-15(2)21(14)16-8-7-9-17(10-16)24-13-23-6/h7-10,14-15H,11-13H2,1-6H3/t14-,15+. The predicted molar refractivity (Wildman–Crippen MR) is 98.2 cm³/mol. The van der Waals surface area contributed by atoms with Gasteiger partial charge in [-0.1, -0.05) is 6.07 Å². The van der Waals surface area contributed by atoms with E-state index < -0.39 is 5.60 Å². The Morgan fingerprint density at radius 3 is 2.40 bits per heavy atom. The van der Waals surface area contributed by atoms with Crippen LogP contribution in [0.3, 0.4) is 0 Å². The fourth-order valence-corrected chi connectivity index (χ4v) is 3.17. The Hall–Kier alpha value is -1.95. The van der Waals surface area contributed by atoms with E-state index in [0.717, 1.165) is 11.4 Å². The zero-order chi connectivity index (χ0) is 18.6. The predicted octanol–water partition coefficient (Wildman–Crippen LogP) is 3.50. The topological polar surface area (TPSA) is 51.2 Å². The molecule has 1 fully saturated rings. The summed E-state index contributed by atoms with van der Waals surface area (Å²) in [7, 11) is 1.60. The van der Waals surface area contributed by atoms with Gasteiger partial charge in [-0.15, -0.1) is 0 Å². The molecule has 1 saturated heterocycles. The van der Waals surface area contributed by atoms with Crippen LogP contribution in [0.2, 0.25) is 0 Å². The molecule has 1 aliphatic heterocycles. The summed E-state index contributed by atoms with van der Waals surface area (Å²) in [5, 5.41) is 0. The molecule has 6 heteroatoms. The lowest BCUT2D eigenvalue weighted by Crippen LogP contribution is -2.58. The lowest BCUT2D eigenvalue weighted by molar-refractivity contribution is 0.0192. The molecule has 0 N–H and O–H groups in total. The normalized spacial score (nSPS) is 21.2. The van der Waals surface area contributed by atoms with E-state index >= 15 is 0 Å². The van der Waals surface area contributed by atoms with Crippen LogP contribution in [-0.2, 0) is 9.47 Å². The first-order valence-corrected chi connectivity index (χ1v) is 8.69. The van der Waals surface area contributed by atoms with Crippen molar-refractivity contribution in [3.63, 3.8) is 0 Å². The number of amides is 1. The van der Waals surface area contributed by atoms with Gasteiger partial charge in [0.05, 0.1) is 0 Å². The highest BCUT2D eigenvalue weighted by atomic mass is 16.7. The number of ether oxygens (including phenoxy) is 3. The molecule has 2 atom stereocenters. The number of piperazine rings is 1. The van der Waals surface area contributed by atoms with Crippen molar-refractivity contribution in [2.75, 3.05) is 31.9 Å². The van der Waals surface area contributed by atoms with E-state index in [1.54, 1.807) is 12.0 Å².